The van der Waals surface area contributed by atoms with Crippen molar-refractivity contribution in [3.8, 4) is 0 Å². The van der Waals surface area contributed by atoms with Crippen molar-refractivity contribution < 1.29 is 14.3 Å². The third kappa shape index (κ3) is 4.70. The molecule has 2 saturated heterocycles. The maximum atomic E-state index is 13.2. The minimum absolute atomic E-state index is 0.0473. The summed E-state index contributed by atoms with van der Waals surface area (Å²) in [6.07, 6.45) is 4.54. The summed E-state index contributed by atoms with van der Waals surface area (Å²) in [6.45, 7) is 8.69. The van der Waals surface area contributed by atoms with Gasteiger partial charge >= 0.3 is 5.97 Å². The molecular formula is C22H32N2O3. The quantitative estimate of drug-likeness (QED) is 0.743. The highest BCUT2D eigenvalue weighted by molar-refractivity contribution is 5.98. The minimum Gasteiger partial charge on any atom is -0.465 e. The Labute approximate surface area is 162 Å². The van der Waals surface area contributed by atoms with Gasteiger partial charge in [-0.15, -0.1) is 0 Å². The molecule has 2 aliphatic rings. The summed E-state index contributed by atoms with van der Waals surface area (Å²) in [5.41, 5.74) is 1.02. The lowest BCUT2D eigenvalue weighted by Crippen LogP contribution is -2.55. The van der Waals surface area contributed by atoms with Gasteiger partial charge in [0.15, 0.2) is 0 Å². The Balaban J connectivity index is 1.69. The van der Waals surface area contributed by atoms with Gasteiger partial charge in [0.1, 0.15) is 0 Å². The van der Waals surface area contributed by atoms with E-state index in [0.29, 0.717) is 23.1 Å². The molecule has 2 heterocycles. The van der Waals surface area contributed by atoms with Crippen molar-refractivity contribution in [3.63, 3.8) is 0 Å². The van der Waals surface area contributed by atoms with Gasteiger partial charge in [0.2, 0.25) is 0 Å². The first-order chi connectivity index (χ1) is 13.0. The molecule has 2 aliphatic heterocycles. The molecule has 0 N–H and O–H groups in total. The van der Waals surface area contributed by atoms with Crippen LogP contribution in [0.4, 0.5) is 0 Å². The van der Waals surface area contributed by atoms with Crippen LogP contribution in [0.2, 0.25) is 0 Å². The van der Waals surface area contributed by atoms with Crippen molar-refractivity contribution in [1.82, 2.24) is 9.80 Å². The summed E-state index contributed by atoms with van der Waals surface area (Å²) in [6, 6.07) is 7.24. The second-order valence-electron chi connectivity index (χ2n) is 8.31. The van der Waals surface area contributed by atoms with E-state index in [-0.39, 0.29) is 5.91 Å². The topological polar surface area (TPSA) is 49.9 Å². The van der Waals surface area contributed by atoms with Crippen LogP contribution in [-0.4, -0.2) is 61.0 Å². The Bertz CT molecular complexity index is 673. The van der Waals surface area contributed by atoms with Crippen LogP contribution in [-0.2, 0) is 4.74 Å². The lowest BCUT2D eigenvalue weighted by atomic mass is 9.83. The average Bonchev–Trinajstić information content (AvgIpc) is 2.70. The minimum atomic E-state index is -0.403. The molecule has 2 atom stereocenters. The number of likely N-dealkylation sites (tertiary alicyclic amines) is 2. The van der Waals surface area contributed by atoms with Crippen LogP contribution in [0.1, 0.15) is 60.2 Å². The fourth-order valence-electron chi connectivity index (χ4n) is 4.44. The number of amides is 1. The first-order valence-electron chi connectivity index (χ1n) is 10.2. The Morgan fingerprint density at radius 2 is 1.96 bits per heavy atom. The zero-order valence-electron chi connectivity index (χ0n) is 16.8. The number of methoxy groups -OCH3 is 1. The molecule has 0 spiro atoms. The molecule has 1 amide bonds. The number of nitrogens with zero attached hydrogens (tertiary/aromatic N) is 2. The molecule has 27 heavy (non-hydrogen) atoms. The van der Waals surface area contributed by atoms with Crippen molar-refractivity contribution in [2.75, 3.05) is 33.3 Å². The first kappa shape index (κ1) is 19.9. The van der Waals surface area contributed by atoms with Crippen molar-refractivity contribution in [2.24, 2.45) is 11.8 Å². The highest BCUT2D eigenvalue weighted by Gasteiger charge is 2.38. The predicted molar refractivity (Wildman–Crippen MR) is 106 cm³/mol. The molecular weight excluding hydrogens is 340 g/mol. The lowest BCUT2D eigenvalue weighted by Gasteiger charge is -2.47. The number of fused-ring (bicyclic) bond motifs is 1. The molecule has 3 rings (SSSR count). The standard InChI is InChI=1S/C22H32N2O3/c1-16(2)9-12-23-13-10-20-19(15-23)8-5-11-24(20)21(25)17-6-4-7-18(14-17)22(26)27-3/h4,6-7,14,16,19-20H,5,8-13,15H2,1-3H3/t19-,20-/m1/s1. The molecule has 0 saturated carbocycles. The summed E-state index contributed by atoms with van der Waals surface area (Å²) >= 11 is 0. The maximum Gasteiger partial charge on any atom is 0.337 e. The second kappa shape index (κ2) is 8.87. The number of rotatable bonds is 5. The molecule has 0 aromatic heterocycles. The highest BCUT2D eigenvalue weighted by Crippen LogP contribution is 2.32. The Hall–Kier alpha value is -1.88. The Kier molecular flexibility index (Phi) is 6.53. The lowest BCUT2D eigenvalue weighted by molar-refractivity contribution is 0.0194. The molecule has 0 unspecified atom stereocenters. The van der Waals surface area contributed by atoms with Gasteiger partial charge in [0.05, 0.1) is 12.7 Å². The first-order valence-corrected chi connectivity index (χ1v) is 10.2. The summed E-state index contributed by atoms with van der Waals surface area (Å²) in [5, 5.41) is 0. The normalized spacial score (nSPS) is 23.2. The van der Waals surface area contributed by atoms with Crippen molar-refractivity contribution >= 4 is 11.9 Å². The van der Waals surface area contributed by atoms with E-state index in [9.17, 15) is 9.59 Å². The van der Waals surface area contributed by atoms with Crippen LogP contribution < -0.4 is 0 Å². The fourth-order valence-corrected chi connectivity index (χ4v) is 4.44. The zero-order chi connectivity index (χ0) is 19.4. The average molecular weight is 373 g/mol. The van der Waals surface area contributed by atoms with Gasteiger partial charge in [0.25, 0.3) is 5.91 Å². The van der Waals surface area contributed by atoms with E-state index in [0.717, 1.165) is 44.9 Å². The molecule has 2 fully saturated rings. The van der Waals surface area contributed by atoms with E-state index in [4.69, 9.17) is 4.74 Å². The summed E-state index contributed by atoms with van der Waals surface area (Å²) in [4.78, 5) is 29.6. The van der Waals surface area contributed by atoms with Gasteiger partial charge in [-0.25, -0.2) is 4.79 Å². The van der Waals surface area contributed by atoms with Crippen LogP contribution in [0.5, 0.6) is 0 Å². The molecule has 1 aromatic rings. The van der Waals surface area contributed by atoms with Gasteiger partial charge in [-0.2, -0.15) is 0 Å². The molecule has 5 heteroatoms. The third-order valence-electron chi connectivity index (χ3n) is 5.97. The van der Waals surface area contributed by atoms with E-state index in [1.165, 1.54) is 20.0 Å². The number of hydrogen-bond donors (Lipinski definition) is 0. The fraction of sp³-hybridized carbons (Fsp3) is 0.636. The van der Waals surface area contributed by atoms with Crippen LogP contribution in [0, 0.1) is 11.8 Å². The zero-order valence-corrected chi connectivity index (χ0v) is 16.8. The summed E-state index contributed by atoms with van der Waals surface area (Å²) in [7, 11) is 1.36. The predicted octanol–water partition coefficient (Wildman–Crippen LogP) is 3.45. The Morgan fingerprint density at radius 1 is 1.19 bits per heavy atom. The molecule has 1 aromatic carbocycles. The molecule has 148 valence electrons. The number of hydrogen-bond acceptors (Lipinski definition) is 4. The van der Waals surface area contributed by atoms with Crippen LogP contribution >= 0.6 is 0 Å². The monoisotopic (exact) mass is 372 g/mol. The van der Waals surface area contributed by atoms with E-state index >= 15 is 0 Å². The molecule has 0 bridgehead atoms. The maximum absolute atomic E-state index is 13.2. The largest absolute Gasteiger partial charge is 0.465 e. The SMILES string of the molecule is COC(=O)c1cccc(C(=O)N2CCC[C@@H]3CN(CCC(C)C)CC[C@H]32)c1. The van der Waals surface area contributed by atoms with Gasteiger partial charge in [-0.05, 0) is 62.3 Å². The highest BCUT2D eigenvalue weighted by atomic mass is 16.5. The number of ether oxygens (including phenoxy) is 1. The van der Waals surface area contributed by atoms with Crippen LogP contribution in [0.25, 0.3) is 0 Å². The smallest absolute Gasteiger partial charge is 0.337 e. The number of esters is 1. The number of piperidine rings is 2. The second-order valence-corrected chi connectivity index (χ2v) is 8.31. The van der Waals surface area contributed by atoms with E-state index < -0.39 is 5.97 Å². The Morgan fingerprint density at radius 3 is 2.70 bits per heavy atom. The van der Waals surface area contributed by atoms with Gasteiger partial charge in [-0.3, -0.25) is 4.79 Å². The number of carbonyl (C=O) groups excluding carboxylic acids is 2. The summed E-state index contributed by atoms with van der Waals surface area (Å²) in [5.74, 6) is 0.937. The van der Waals surface area contributed by atoms with E-state index in [2.05, 4.69) is 23.6 Å². The van der Waals surface area contributed by atoms with Crippen molar-refractivity contribution in [1.29, 1.82) is 0 Å². The number of benzene rings is 1. The van der Waals surface area contributed by atoms with Crippen LogP contribution in [0.3, 0.4) is 0 Å². The summed E-state index contributed by atoms with van der Waals surface area (Å²) < 4.78 is 4.78. The molecule has 0 radical (unpaired) electrons. The van der Waals surface area contributed by atoms with Gasteiger partial charge < -0.3 is 14.5 Å². The van der Waals surface area contributed by atoms with Gasteiger partial charge in [-0.1, -0.05) is 19.9 Å². The van der Waals surface area contributed by atoms with E-state index in [1.807, 2.05) is 0 Å². The number of carbonyl (C=O) groups is 2. The molecule has 0 aliphatic carbocycles. The van der Waals surface area contributed by atoms with Crippen molar-refractivity contribution in [2.45, 2.75) is 45.6 Å². The van der Waals surface area contributed by atoms with Gasteiger partial charge in [0, 0.05) is 31.2 Å². The third-order valence-corrected chi connectivity index (χ3v) is 5.97. The van der Waals surface area contributed by atoms with Crippen molar-refractivity contribution in [3.05, 3.63) is 35.4 Å². The van der Waals surface area contributed by atoms with E-state index in [1.54, 1.807) is 24.3 Å². The molecule has 5 nitrogen and oxygen atoms in total. The van der Waals surface area contributed by atoms with Crippen LogP contribution in [0.15, 0.2) is 24.3 Å².